The zero-order chi connectivity index (χ0) is 13.7. The van der Waals surface area contributed by atoms with Crippen LogP contribution in [0.5, 0.6) is 11.5 Å². The Bertz CT molecular complexity index is 569. The van der Waals surface area contributed by atoms with E-state index in [0.717, 1.165) is 4.90 Å². The predicted molar refractivity (Wildman–Crippen MR) is 76.3 cm³/mol. The van der Waals surface area contributed by atoms with E-state index in [4.69, 9.17) is 21.4 Å². The van der Waals surface area contributed by atoms with Crippen molar-refractivity contribution < 1.29 is 14.6 Å². The maximum atomic E-state index is 10.6. The summed E-state index contributed by atoms with van der Waals surface area (Å²) in [5, 5.41) is 9.35. The second kappa shape index (κ2) is 6.50. The molecule has 0 saturated heterocycles. The summed E-state index contributed by atoms with van der Waals surface area (Å²) in [6, 6.07) is 14.3. The Labute approximate surface area is 120 Å². The fourth-order valence-corrected chi connectivity index (χ4v) is 2.25. The summed E-state index contributed by atoms with van der Waals surface area (Å²) in [4.78, 5) is 11.4. The number of thioether (sulfide) groups is 1. The number of hydrogen-bond acceptors (Lipinski definition) is 3. The topological polar surface area (TPSA) is 46.5 Å². The number of para-hydroxylation sites is 1. The average Bonchev–Trinajstić information content (AvgIpc) is 2.40. The third kappa shape index (κ3) is 4.19. The standard InChI is InChI=1S/C14H11ClO3S/c15-10-5-7-11(8-6-10)18-12-3-1-2-4-13(12)19-9-14(16)17/h1-8H,9H2,(H,16,17). The van der Waals surface area contributed by atoms with E-state index in [1.165, 1.54) is 11.8 Å². The minimum atomic E-state index is -0.855. The third-order valence-electron chi connectivity index (χ3n) is 2.24. The van der Waals surface area contributed by atoms with Crippen molar-refractivity contribution in [3.63, 3.8) is 0 Å². The monoisotopic (exact) mass is 294 g/mol. The molecule has 2 aromatic carbocycles. The van der Waals surface area contributed by atoms with Crippen LogP contribution in [0.2, 0.25) is 5.02 Å². The minimum absolute atomic E-state index is 0.000983. The van der Waals surface area contributed by atoms with E-state index in [-0.39, 0.29) is 5.75 Å². The molecule has 0 radical (unpaired) electrons. The highest BCUT2D eigenvalue weighted by Crippen LogP contribution is 2.32. The van der Waals surface area contributed by atoms with Crippen molar-refractivity contribution in [3.05, 3.63) is 53.6 Å². The summed E-state index contributed by atoms with van der Waals surface area (Å²) in [6.07, 6.45) is 0. The van der Waals surface area contributed by atoms with Crippen LogP contribution in [-0.2, 0) is 4.79 Å². The van der Waals surface area contributed by atoms with Gasteiger partial charge in [-0.3, -0.25) is 4.79 Å². The van der Waals surface area contributed by atoms with Crippen LogP contribution in [0.15, 0.2) is 53.4 Å². The molecule has 1 N–H and O–H groups in total. The molecule has 98 valence electrons. The maximum Gasteiger partial charge on any atom is 0.313 e. The first kappa shape index (κ1) is 13.8. The molecule has 0 aliphatic carbocycles. The van der Waals surface area contributed by atoms with Gasteiger partial charge in [-0.05, 0) is 36.4 Å². The molecule has 0 atom stereocenters. The van der Waals surface area contributed by atoms with Gasteiger partial charge in [-0.1, -0.05) is 23.7 Å². The van der Waals surface area contributed by atoms with Crippen LogP contribution in [0.4, 0.5) is 0 Å². The van der Waals surface area contributed by atoms with Crippen LogP contribution < -0.4 is 4.74 Å². The molecular formula is C14H11ClO3S. The maximum absolute atomic E-state index is 10.6. The smallest absolute Gasteiger partial charge is 0.313 e. The van der Waals surface area contributed by atoms with Gasteiger partial charge < -0.3 is 9.84 Å². The van der Waals surface area contributed by atoms with E-state index < -0.39 is 5.97 Å². The molecule has 2 aromatic rings. The summed E-state index contributed by atoms with van der Waals surface area (Å²) in [6.45, 7) is 0. The lowest BCUT2D eigenvalue weighted by atomic mass is 10.3. The van der Waals surface area contributed by atoms with Crippen molar-refractivity contribution >= 4 is 29.3 Å². The second-order valence-electron chi connectivity index (χ2n) is 3.69. The number of benzene rings is 2. The van der Waals surface area contributed by atoms with E-state index in [1.807, 2.05) is 18.2 Å². The van der Waals surface area contributed by atoms with Crippen LogP contribution in [0, 0.1) is 0 Å². The molecular weight excluding hydrogens is 284 g/mol. The molecule has 2 rings (SSSR count). The predicted octanol–water partition coefficient (Wildman–Crippen LogP) is 4.31. The first-order chi connectivity index (χ1) is 9.15. The molecule has 0 aliphatic heterocycles. The number of carboxylic acid groups (broad SMARTS) is 1. The molecule has 0 amide bonds. The van der Waals surface area contributed by atoms with Gasteiger partial charge in [0, 0.05) is 5.02 Å². The zero-order valence-corrected chi connectivity index (χ0v) is 11.4. The Morgan fingerprint density at radius 3 is 2.53 bits per heavy atom. The van der Waals surface area contributed by atoms with Gasteiger partial charge in [-0.25, -0.2) is 0 Å². The molecule has 0 saturated carbocycles. The summed E-state index contributed by atoms with van der Waals surface area (Å²) in [5.74, 6) is 0.441. The van der Waals surface area contributed by atoms with Crippen molar-refractivity contribution in [1.29, 1.82) is 0 Å². The molecule has 0 aromatic heterocycles. The minimum Gasteiger partial charge on any atom is -0.481 e. The van der Waals surface area contributed by atoms with Gasteiger partial charge in [-0.2, -0.15) is 0 Å². The Kier molecular flexibility index (Phi) is 4.71. The SMILES string of the molecule is O=C(O)CSc1ccccc1Oc1ccc(Cl)cc1. The van der Waals surface area contributed by atoms with Crippen LogP contribution in [-0.4, -0.2) is 16.8 Å². The van der Waals surface area contributed by atoms with Crippen molar-refractivity contribution in [2.45, 2.75) is 4.90 Å². The van der Waals surface area contributed by atoms with Crippen molar-refractivity contribution in [2.75, 3.05) is 5.75 Å². The van der Waals surface area contributed by atoms with Crippen molar-refractivity contribution in [1.82, 2.24) is 0 Å². The normalized spacial score (nSPS) is 10.2. The molecule has 19 heavy (non-hydrogen) atoms. The van der Waals surface area contributed by atoms with E-state index >= 15 is 0 Å². The summed E-state index contributed by atoms with van der Waals surface area (Å²) < 4.78 is 5.72. The Balaban J connectivity index is 2.15. The van der Waals surface area contributed by atoms with Gasteiger partial charge >= 0.3 is 5.97 Å². The lowest BCUT2D eigenvalue weighted by molar-refractivity contribution is -0.133. The zero-order valence-electron chi connectivity index (χ0n) is 9.88. The summed E-state index contributed by atoms with van der Waals surface area (Å²) >= 11 is 7.03. The number of rotatable bonds is 5. The molecule has 0 heterocycles. The largest absolute Gasteiger partial charge is 0.481 e. The Morgan fingerprint density at radius 2 is 1.84 bits per heavy atom. The highest BCUT2D eigenvalue weighted by Gasteiger charge is 2.07. The number of ether oxygens (including phenoxy) is 1. The van der Waals surface area contributed by atoms with Crippen LogP contribution >= 0.6 is 23.4 Å². The molecule has 5 heteroatoms. The van der Waals surface area contributed by atoms with Crippen LogP contribution in [0.3, 0.4) is 0 Å². The van der Waals surface area contributed by atoms with Gasteiger partial charge in [-0.15, -0.1) is 11.8 Å². The van der Waals surface area contributed by atoms with E-state index in [9.17, 15) is 4.79 Å². The second-order valence-corrected chi connectivity index (χ2v) is 5.14. The third-order valence-corrected chi connectivity index (χ3v) is 3.53. The average molecular weight is 295 g/mol. The van der Waals surface area contributed by atoms with Gasteiger partial charge in [0.2, 0.25) is 0 Å². The van der Waals surface area contributed by atoms with Gasteiger partial charge in [0.1, 0.15) is 11.5 Å². The van der Waals surface area contributed by atoms with Gasteiger partial charge in [0.15, 0.2) is 0 Å². The molecule has 0 fully saturated rings. The summed E-state index contributed by atoms with van der Waals surface area (Å²) in [7, 11) is 0. The number of aliphatic carboxylic acids is 1. The van der Waals surface area contributed by atoms with Gasteiger partial charge in [0.05, 0.1) is 10.6 Å². The van der Waals surface area contributed by atoms with Crippen LogP contribution in [0.25, 0.3) is 0 Å². The van der Waals surface area contributed by atoms with Crippen LogP contribution in [0.1, 0.15) is 0 Å². The van der Waals surface area contributed by atoms with Crippen molar-refractivity contribution in [2.24, 2.45) is 0 Å². The fraction of sp³-hybridized carbons (Fsp3) is 0.0714. The number of carboxylic acids is 1. The van der Waals surface area contributed by atoms with Crippen molar-refractivity contribution in [3.8, 4) is 11.5 Å². The molecule has 0 unspecified atom stereocenters. The highest BCUT2D eigenvalue weighted by atomic mass is 35.5. The fourth-order valence-electron chi connectivity index (χ4n) is 1.42. The quantitative estimate of drug-likeness (QED) is 0.835. The lowest BCUT2D eigenvalue weighted by Gasteiger charge is -2.10. The van der Waals surface area contributed by atoms with E-state index in [0.29, 0.717) is 16.5 Å². The first-order valence-electron chi connectivity index (χ1n) is 5.52. The Hall–Kier alpha value is -1.65. The van der Waals surface area contributed by atoms with E-state index in [2.05, 4.69) is 0 Å². The first-order valence-corrected chi connectivity index (χ1v) is 6.88. The molecule has 0 aliphatic rings. The Morgan fingerprint density at radius 1 is 1.16 bits per heavy atom. The number of hydrogen-bond donors (Lipinski definition) is 1. The number of halogens is 1. The molecule has 0 spiro atoms. The molecule has 3 nitrogen and oxygen atoms in total. The highest BCUT2D eigenvalue weighted by molar-refractivity contribution is 8.00. The molecule has 0 bridgehead atoms. The number of carbonyl (C=O) groups is 1. The lowest BCUT2D eigenvalue weighted by Crippen LogP contribution is -1.98. The van der Waals surface area contributed by atoms with Gasteiger partial charge in [0.25, 0.3) is 0 Å². The summed E-state index contributed by atoms with van der Waals surface area (Å²) in [5.41, 5.74) is 0. The van der Waals surface area contributed by atoms with E-state index in [1.54, 1.807) is 30.3 Å².